The number of rotatable bonds is 7. The van der Waals surface area contributed by atoms with Gasteiger partial charge in [0.05, 0.1) is 10.6 Å². The molecule has 0 aliphatic carbocycles. The predicted octanol–water partition coefficient (Wildman–Crippen LogP) is 4.05. The number of carbonyl (C=O) groups excluding carboxylic acids is 1. The number of anilines is 1. The molecular formula is C23H24N2O3S. The Bertz CT molecular complexity index is 1070. The van der Waals surface area contributed by atoms with Gasteiger partial charge in [0.2, 0.25) is 0 Å². The molecule has 0 heterocycles. The molecule has 1 unspecified atom stereocenters. The predicted molar refractivity (Wildman–Crippen MR) is 116 cm³/mol. The molecule has 0 saturated carbocycles. The summed E-state index contributed by atoms with van der Waals surface area (Å²) in [7, 11) is -2.27. The van der Waals surface area contributed by atoms with E-state index in [1.165, 1.54) is 23.5 Å². The Morgan fingerprint density at radius 1 is 0.931 bits per heavy atom. The van der Waals surface area contributed by atoms with Crippen molar-refractivity contribution < 1.29 is 13.2 Å². The van der Waals surface area contributed by atoms with Gasteiger partial charge < -0.3 is 5.32 Å². The molecule has 0 aliphatic rings. The first-order chi connectivity index (χ1) is 13.9. The van der Waals surface area contributed by atoms with Gasteiger partial charge in [0, 0.05) is 19.2 Å². The average molecular weight is 409 g/mol. The highest BCUT2D eigenvalue weighted by atomic mass is 32.2. The van der Waals surface area contributed by atoms with Crippen molar-refractivity contribution in [1.29, 1.82) is 0 Å². The van der Waals surface area contributed by atoms with Gasteiger partial charge in [-0.2, -0.15) is 0 Å². The topological polar surface area (TPSA) is 66.5 Å². The highest BCUT2D eigenvalue weighted by Gasteiger charge is 2.22. The molecule has 29 heavy (non-hydrogen) atoms. The minimum Gasteiger partial charge on any atom is -0.351 e. The molecule has 0 spiro atoms. The van der Waals surface area contributed by atoms with Crippen molar-refractivity contribution in [2.24, 2.45) is 0 Å². The summed E-state index contributed by atoms with van der Waals surface area (Å²) in [6.07, 6.45) is 0. The molecule has 150 valence electrons. The zero-order valence-electron chi connectivity index (χ0n) is 16.4. The summed E-state index contributed by atoms with van der Waals surface area (Å²) in [6.45, 7) is 2.50. The lowest BCUT2D eigenvalue weighted by atomic mass is 10.0. The molecule has 0 saturated heterocycles. The van der Waals surface area contributed by atoms with E-state index in [9.17, 15) is 13.2 Å². The first-order valence-corrected chi connectivity index (χ1v) is 10.8. The van der Waals surface area contributed by atoms with E-state index < -0.39 is 10.0 Å². The number of sulfonamides is 1. The zero-order valence-corrected chi connectivity index (χ0v) is 17.3. The number of hydrogen-bond acceptors (Lipinski definition) is 3. The van der Waals surface area contributed by atoms with Crippen LogP contribution in [0.15, 0.2) is 89.8 Å². The Labute approximate surface area is 172 Å². The van der Waals surface area contributed by atoms with E-state index in [1.807, 2.05) is 43.3 Å². The van der Waals surface area contributed by atoms with E-state index in [-0.39, 0.29) is 16.7 Å². The van der Waals surface area contributed by atoms with Crippen LogP contribution in [-0.4, -0.2) is 27.9 Å². The van der Waals surface area contributed by atoms with Crippen LogP contribution in [0.5, 0.6) is 0 Å². The van der Waals surface area contributed by atoms with Gasteiger partial charge in [0.15, 0.2) is 0 Å². The van der Waals surface area contributed by atoms with Gasteiger partial charge in [-0.25, -0.2) is 8.42 Å². The molecule has 3 aromatic rings. The molecule has 0 fully saturated rings. The van der Waals surface area contributed by atoms with Crippen LogP contribution in [0.25, 0.3) is 0 Å². The number of hydrogen-bond donors (Lipinski definition) is 1. The number of benzene rings is 3. The van der Waals surface area contributed by atoms with Gasteiger partial charge in [-0.05, 0) is 41.8 Å². The third-order valence-corrected chi connectivity index (χ3v) is 6.59. The highest BCUT2D eigenvalue weighted by Crippen LogP contribution is 2.22. The Morgan fingerprint density at radius 3 is 2.21 bits per heavy atom. The van der Waals surface area contributed by atoms with Gasteiger partial charge in [0.1, 0.15) is 0 Å². The fraction of sp³-hybridized carbons (Fsp3) is 0.174. The van der Waals surface area contributed by atoms with Crippen LogP contribution < -0.4 is 9.62 Å². The SMILES string of the molecule is CC(CNC(=O)c1cccc(S(=O)(=O)N(C)c2ccccc2)c1)c1ccccc1. The third kappa shape index (κ3) is 4.84. The average Bonchev–Trinajstić information content (AvgIpc) is 2.78. The number of nitrogens with zero attached hydrogens (tertiary/aromatic N) is 1. The molecule has 1 amide bonds. The van der Waals surface area contributed by atoms with Gasteiger partial charge in [-0.3, -0.25) is 9.10 Å². The molecule has 3 rings (SSSR count). The molecule has 0 aliphatic heterocycles. The third-order valence-electron chi connectivity index (χ3n) is 4.81. The summed E-state index contributed by atoms with van der Waals surface area (Å²) in [5.41, 5.74) is 2.00. The summed E-state index contributed by atoms with van der Waals surface area (Å²) < 4.78 is 27.1. The molecule has 1 atom stereocenters. The maximum absolute atomic E-state index is 13.0. The molecule has 6 heteroatoms. The maximum Gasteiger partial charge on any atom is 0.264 e. The first-order valence-electron chi connectivity index (χ1n) is 9.37. The van der Waals surface area contributed by atoms with Crippen molar-refractivity contribution in [1.82, 2.24) is 5.32 Å². The summed E-state index contributed by atoms with van der Waals surface area (Å²) >= 11 is 0. The highest BCUT2D eigenvalue weighted by molar-refractivity contribution is 7.92. The van der Waals surface area contributed by atoms with Crippen molar-refractivity contribution in [3.63, 3.8) is 0 Å². The van der Waals surface area contributed by atoms with Gasteiger partial charge in [0.25, 0.3) is 15.9 Å². The Balaban J connectivity index is 1.74. The second-order valence-electron chi connectivity index (χ2n) is 6.86. The fourth-order valence-electron chi connectivity index (χ4n) is 2.98. The second-order valence-corrected chi connectivity index (χ2v) is 8.83. The zero-order chi connectivity index (χ0) is 20.9. The van der Waals surface area contributed by atoms with E-state index in [0.29, 0.717) is 17.8 Å². The minimum atomic E-state index is -3.77. The van der Waals surface area contributed by atoms with Crippen molar-refractivity contribution in [2.75, 3.05) is 17.9 Å². The monoisotopic (exact) mass is 408 g/mol. The largest absolute Gasteiger partial charge is 0.351 e. The van der Waals surface area contributed by atoms with Crippen LogP contribution in [0.1, 0.15) is 28.8 Å². The van der Waals surface area contributed by atoms with E-state index in [1.54, 1.807) is 36.4 Å². The quantitative estimate of drug-likeness (QED) is 0.641. The van der Waals surface area contributed by atoms with Gasteiger partial charge in [-0.1, -0.05) is 61.5 Å². The smallest absolute Gasteiger partial charge is 0.264 e. The molecule has 5 nitrogen and oxygen atoms in total. The van der Waals surface area contributed by atoms with Crippen molar-refractivity contribution in [3.05, 3.63) is 96.1 Å². The number of para-hydroxylation sites is 1. The van der Waals surface area contributed by atoms with E-state index in [4.69, 9.17) is 0 Å². The van der Waals surface area contributed by atoms with Crippen LogP contribution in [0, 0.1) is 0 Å². The van der Waals surface area contributed by atoms with Crippen LogP contribution in [-0.2, 0) is 10.0 Å². The number of amides is 1. The van der Waals surface area contributed by atoms with Crippen molar-refractivity contribution in [2.45, 2.75) is 17.7 Å². The Kier molecular flexibility index (Phi) is 6.34. The first kappa shape index (κ1) is 20.6. The summed E-state index contributed by atoms with van der Waals surface area (Å²) in [4.78, 5) is 12.7. The second kappa shape index (κ2) is 8.92. The maximum atomic E-state index is 13.0. The minimum absolute atomic E-state index is 0.0765. The lowest BCUT2D eigenvalue weighted by molar-refractivity contribution is 0.0951. The molecular weight excluding hydrogens is 384 g/mol. The summed E-state index contributed by atoms with van der Waals surface area (Å²) in [6, 6.07) is 24.8. The molecule has 1 N–H and O–H groups in total. The van der Waals surface area contributed by atoms with Crippen LogP contribution in [0.2, 0.25) is 0 Å². The number of nitrogens with one attached hydrogen (secondary N) is 1. The molecule has 3 aromatic carbocycles. The van der Waals surface area contributed by atoms with Gasteiger partial charge >= 0.3 is 0 Å². The van der Waals surface area contributed by atoms with E-state index >= 15 is 0 Å². The van der Waals surface area contributed by atoms with Crippen molar-refractivity contribution >= 4 is 21.6 Å². The molecule has 0 bridgehead atoms. The van der Waals surface area contributed by atoms with Crippen LogP contribution in [0.4, 0.5) is 5.69 Å². The Morgan fingerprint density at radius 2 is 1.55 bits per heavy atom. The molecule has 0 radical (unpaired) electrons. The lowest BCUT2D eigenvalue weighted by Crippen LogP contribution is -2.29. The number of carbonyl (C=O) groups is 1. The molecule has 0 aromatic heterocycles. The van der Waals surface area contributed by atoms with Crippen LogP contribution in [0.3, 0.4) is 0 Å². The van der Waals surface area contributed by atoms with Crippen molar-refractivity contribution in [3.8, 4) is 0 Å². The standard InChI is InChI=1S/C23H24N2O3S/c1-18(19-10-5-3-6-11-19)17-24-23(26)20-12-9-15-22(16-20)29(27,28)25(2)21-13-7-4-8-14-21/h3-16,18H,17H2,1-2H3,(H,24,26). The van der Waals surface area contributed by atoms with Crippen LogP contribution >= 0.6 is 0 Å². The fourth-order valence-corrected chi connectivity index (χ4v) is 4.22. The van der Waals surface area contributed by atoms with Gasteiger partial charge in [-0.15, -0.1) is 0 Å². The normalized spacial score (nSPS) is 12.2. The summed E-state index contributed by atoms with van der Waals surface area (Å²) in [5, 5.41) is 2.89. The van der Waals surface area contributed by atoms with E-state index in [0.717, 1.165) is 5.56 Å². The van der Waals surface area contributed by atoms with E-state index in [2.05, 4.69) is 5.32 Å². The lowest BCUT2D eigenvalue weighted by Gasteiger charge is -2.20. The Hall–Kier alpha value is -3.12. The summed E-state index contributed by atoms with van der Waals surface area (Å²) in [5.74, 6) is -0.150.